The predicted molar refractivity (Wildman–Crippen MR) is 126 cm³/mol. The first-order valence-electron chi connectivity index (χ1n) is 10.9. The molecule has 1 saturated carbocycles. The molecule has 0 atom stereocenters. The summed E-state index contributed by atoms with van der Waals surface area (Å²) < 4.78 is 32.5. The number of anilines is 3. The number of carboxylic acid groups (broad SMARTS) is 1. The van der Waals surface area contributed by atoms with Crippen LogP contribution in [0.5, 0.6) is 5.75 Å². The largest absolute Gasteiger partial charge is 0.481 e. The van der Waals surface area contributed by atoms with Crippen molar-refractivity contribution in [1.82, 2.24) is 10.2 Å². The van der Waals surface area contributed by atoms with E-state index in [1.54, 1.807) is 24.3 Å². The molecule has 1 aliphatic carbocycles. The highest BCUT2D eigenvalue weighted by atomic mass is 32.2. The first-order valence-corrected chi connectivity index (χ1v) is 12.7. The minimum Gasteiger partial charge on any atom is -0.481 e. The minimum atomic E-state index is -3.62. The Balaban J connectivity index is 1.31. The number of amides is 1. The van der Waals surface area contributed by atoms with E-state index in [-0.39, 0.29) is 23.6 Å². The molecule has 1 fully saturated rings. The molecule has 0 saturated heterocycles. The van der Waals surface area contributed by atoms with Crippen LogP contribution in [0.2, 0.25) is 0 Å². The van der Waals surface area contributed by atoms with Crippen LogP contribution in [-0.2, 0) is 14.9 Å². The van der Waals surface area contributed by atoms with Gasteiger partial charge in [-0.05, 0) is 73.6 Å². The van der Waals surface area contributed by atoms with Crippen molar-refractivity contribution in [2.24, 2.45) is 5.92 Å². The Kier molecular flexibility index (Phi) is 7.01. The highest BCUT2D eigenvalue weighted by Gasteiger charge is 2.26. The van der Waals surface area contributed by atoms with Crippen molar-refractivity contribution in [3.8, 4) is 5.75 Å². The van der Waals surface area contributed by atoms with Crippen LogP contribution in [0, 0.1) is 5.92 Å². The Morgan fingerprint density at radius 2 is 1.60 bits per heavy atom. The predicted octanol–water partition coefficient (Wildman–Crippen LogP) is 3.76. The van der Waals surface area contributed by atoms with Crippen molar-refractivity contribution in [1.29, 1.82) is 0 Å². The smallest absolute Gasteiger partial charge is 0.320 e. The number of carboxylic acids is 1. The fourth-order valence-corrected chi connectivity index (χ4v) is 4.42. The Bertz CT molecular complexity index is 1300. The molecule has 1 amide bonds. The molecule has 0 aliphatic heterocycles. The monoisotopic (exact) mass is 500 g/mol. The Morgan fingerprint density at radius 3 is 2.20 bits per heavy atom. The number of nitrogens with zero attached hydrogens (tertiary/aromatic N) is 2. The molecule has 35 heavy (non-hydrogen) atoms. The van der Waals surface area contributed by atoms with E-state index in [9.17, 15) is 18.0 Å². The standard InChI is InChI=1S/C23H24N4O7S/c1-35(31,32)34-19-12-10-18(11-13-19)25-23-27-26-21(33-23)20(28)24-17-8-6-15(7-9-17)14-2-4-16(5-3-14)22(29)30/h6-14,16H,2-5H2,1H3,(H,24,28)(H,25,27)(H,29,30). The Labute approximate surface area is 201 Å². The van der Waals surface area contributed by atoms with Crippen molar-refractivity contribution in [3.05, 3.63) is 60.0 Å². The molecule has 3 aromatic rings. The summed E-state index contributed by atoms with van der Waals surface area (Å²) in [5.74, 6) is -1.32. The molecular weight excluding hydrogens is 476 g/mol. The van der Waals surface area contributed by atoms with Crippen LogP contribution in [0.25, 0.3) is 0 Å². The second kappa shape index (κ2) is 10.1. The van der Waals surface area contributed by atoms with Crippen LogP contribution in [-0.4, -0.2) is 41.9 Å². The number of hydrogen-bond acceptors (Lipinski definition) is 9. The van der Waals surface area contributed by atoms with Gasteiger partial charge in [-0.2, -0.15) is 8.42 Å². The van der Waals surface area contributed by atoms with Gasteiger partial charge in [-0.1, -0.05) is 17.2 Å². The highest BCUT2D eigenvalue weighted by molar-refractivity contribution is 7.86. The van der Waals surface area contributed by atoms with Gasteiger partial charge in [0.15, 0.2) is 0 Å². The fraction of sp³-hybridized carbons (Fsp3) is 0.304. The topological polar surface area (TPSA) is 161 Å². The lowest BCUT2D eigenvalue weighted by atomic mass is 9.79. The molecule has 1 heterocycles. The van der Waals surface area contributed by atoms with Gasteiger partial charge in [0, 0.05) is 11.4 Å². The lowest BCUT2D eigenvalue weighted by Crippen LogP contribution is -2.20. The maximum atomic E-state index is 12.5. The summed E-state index contributed by atoms with van der Waals surface area (Å²) in [4.78, 5) is 23.6. The molecule has 0 unspecified atom stereocenters. The van der Waals surface area contributed by atoms with Gasteiger partial charge in [0.1, 0.15) is 5.75 Å². The summed E-state index contributed by atoms with van der Waals surface area (Å²) in [6, 6.07) is 13.4. The zero-order valence-corrected chi connectivity index (χ0v) is 19.6. The Hall–Kier alpha value is -3.93. The van der Waals surface area contributed by atoms with Gasteiger partial charge in [0.2, 0.25) is 0 Å². The van der Waals surface area contributed by atoms with Gasteiger partial charge in [0.05, 0.1) is 12.2 Å². The lowest BCUT2D eigenvalue weighted by molar-refractivity contribution is -0.142. The summed E-state index contributed by atoms with van der Waals surface area (Å²) in [6.45, 7) is 0. The number of hydrogen-bond donors (Lipinski definition) is 3. The summed E-state index contributed by atoms with van der Waals surface area (Å²) in [7, 11) is -3.62. The van der Waals surface area contributed by atoms with Crippen molar-refractivity contribution in [3.63, 3.8) is 0 Å². The van der Waals surface area contributed by atoms with Crippen LogP contribution in [0.1, 0.15) is 47.8 Å². The number of benzene rings is 2. The van der Waals surface area contributed by atoms with E-state index in [0.29, 0.717) is 30.1 Å². The van der Waals surface area contributed by atoms with Crippen LogP contribution in [0.4, 0.5) is 17.4 Å². The summed E-state index contributed by atoms with van der Waals surface area (Å²) in [5.41, 5.74) is 2.20. The number of carbonyl (C=O) groups is 2. The van der Waals surface area contributed by atoms with E-state index >= 15 is 0 Å². The van der Waals surface area contributed by atoms with Crippen molar-refractivity contribution in [2.75, 3.05) is 16.9 Å². The van der Waals surface area contributed by atoms with Gasteiger partial charge in [-0.25, -0.2) is 0 Å². The second-order valence-corrected chi connectivity index (χ2v) is 9.89. The molecule has 0 bridgehead atoms. The molecule has 1 aromatic heterocycles. The molecule has 2 aromatic carbocycles. The third kappa shape index (κ3) is 6.57. The molecule has 1 aliphatic rings. The lowest BCUT2D eigenvalue weighted by Gasteiger charge is -2.26. The normalized spacial score (nSPS) is 18.0. The molecular formula is C23H24N4O7S. The van der Waals surface area contributed by atoms with E-state index in [1.165, 1.54) is 12.1 Å². The first-order chi connectivity index (χ1) is 16.7. The fourth-order valence-electron chi connectivity index (χ4n) is 3.95. The SMILES string of the molecule is CS(=O)(=O)Oc1ccc(Nc2nnc(C(=O)Nc3ccc(C4CCC(C(=O)O)CC4)cc3)o2)cc1. The highest BCUT2D eigenvalue weighted by Crippen LogP contribution is 2.36. The zero-order valence-electron chi connectivity index (χ0n) is 18.8. The van der Waals surface area contributed by atoms with E-state index in [0.717, 1.165) is 24.7 Å². The van der Waals surface area contributed by atoms with E-state index in [4.69, 9.17) is 13.7 Å². The third-order valence-corrected chi connectivity index (χ3v) is 6.18. The number of aromatic nitrogens is 2. The molecule has 3 N–H and O–H groups in total. The van der Waals surface area contributed by atoms with Crippen molar-refractivity contribution < 1.29 is 31.7 Å². The van der Waals surface area contributed by atoms with Crippen LogP contribution >= 0.6 is 0 Å². The summed E-state index contributed by atoms with van der Waals surface area (Å²) in [5, 5.41) is 22.2. The Morgan fingerprint density at radius 1 is 0.971 bits per heavy atom. The second-order valence-electron chi connectivity index (χ2n) is 8.31. The molecule has 12 heteroatoms. The van der Waals surface area contributed by atoms with E-state index in [2.05, 4.69) is 20.8 Å². The molecule has 11 nitrogen and oxygen atoms in total. The maximum Gasteiger partial charge on any atom is 0.320 e. The van der Waals surface area contributed by atoms with E-state index < -0.39 is 22.0 Å². The van der Waals surface area contributed by atoms with Crippen molar-refractivity contribution in [2.45, 2.75) is 31.6 Å². The summed E-state index contributed by atoms with van der Waals surface area (Å²) >= 11 is 0. The number of nitrogens with one attached hydrogen (secondary N) is 2. The quantitative estimate of drug-likeness (QED) is 0.388. The minimum absolute atomic E-state index is 0.0146. The maximum absolute atomic E-state index is 12.5. The van der Waals surface area contributed by atoms with Gasteiger partial charge < -0.3 is 24.3 Å². The average Bonchev–Trinajstić information content (AvgIpc) is 3.29. The third-order valence-electron chi connectivity index (χ3n) is 5.69. The van der Waals surface area contributed by atoms with Crippen LogP contribution in [0.3, 0.4) is 0 Å². The number of aliphatic carboxylic acids is 1. The van der Waals surface area contributed by atoms with Crippen LogP contribution in [0.15, 0.2) is 52.9 Å². The zero-order chi connectivity index (χ0) is 25.0. The van der Waals surface area contributed by atoms with Gasteiger partial charge in [-0.15, -0.1) is 5.10 Å². The number of rotatable bonds is 8. The van der Waals surface area contributed by atoms with Gasteiger partial charge in [-0.3, -0.25) is 9.59 Å². The molecule has 0 spiro atoms. The molecule has 184 valence electrons. The first kappa shape index (κ1) is 24.2. The van der Waals surface area contributed by atoms with Gasteiger partial charge in [0.25, 0.3) is 0 Å². The van der Waals surface area contributed by atoms with E-state index in [1.807, 2.05) is 12.1 Å². The van der Waals surface area contributed by atoms with Gasteiger partial charge >= 0.3 is 33.9 Å². The summed E-state index contributed by atoms with van der Waals surface area (Å²) in [6.07, 6.45) is 3.95. The number of carbonyl (C=O) groups excluding carboxylic acids is 1. The molecule has 4 rings (SSSR count). The average molecular weight is 501 g/mol. The molecule has 0 radical (unpaired) electrons. The van der Waals surface area contributed by atoms with Crippen LogP contribution < -0.4 is 14.8 Å². The van der Waals surface area contributed by atoms with Crippen molar-refractivity contribution >= 4 is 39.4 Å².